The van der Waals surface area contributed by atoms with Gasteiger partial charge in [-0.05, 0) is 32.7 Å². The fourth-order valence-electron chi connectivity index (χ4n) is 2.78. The molecule has 2 rings (SSSR count). The maximum Gasteiger partial charge on any atom is 0.224 e. The molecule has 15 heavy (non-hydrogen) atoms. The number of nitrogens with one attached hydrogen (secondary N) is 1. The SMILES string of the molecule is CC1CC(=O)N(C2CCCC2)CCCN1. The molecule has 1 heterocycles. The number of rotatable bonds is 1. The van der Waals surface area contributed by atoms with Crippen LogP contribution in [0.1, 0.15) is 45.4 Å². The molecule has 1 atom stereocenters. The Kier molecular flexibility index (Phi) is 3.62. The largest absolute Gasteiger partial charge is 0.340 e. The molecule has 0 spiro atoms. The minimum absolute atomic E-state index is 0.349. The zero-order chi connectivity index (χ0) is 10.7. The first-order valence-electron chi connectivity index (χ1n) is 6.30. The average molecular weight is 210 g/mol. The minimum atomic E-state index is 0.349. The Hall–Kier alpha value is -0.570. The Bertz CT molecular complexity index is 224. The van der Waals surface area contributed by atoms with Crippen molar-refractivity contribution in [3.05, 3.63) is 0 Å². The van der Waals surface area contributed by atoms with Gasteiger partial charge in [0.2, 0.25) is 5.91 Å². The first-order chi connectivity index (χ1) is 7.27. The quantitative estimate of drug-likeness (QED) is 0.712. The van der Waals surface area contributed by atoms with Crippen LogP contribution in [0.3, 0.4) is 0 Å². The third-order valence-electron chi connectivity index (χ3n) is 3.64. The number of nitrogens with zero attached hydrogens (tertiary/aromatic N) is 1. The molecule has 1 aliphatic heterocycles. The summed E-state index contributed by atoms with van der Waals surface area (Å²) in [4.78, 5) is 14.2. The highest BCUT2D eigenvalue weighted by atomic mass is 16.2. The molecule has 1 aliphatic carbocycles. The van der Waals surface area contributed by atoms with E-state index in [1.807, 2.05) is 0 Å². The van der Waals surface area contributed by atoms with Gasteiger partial charge in [0.25, 0.3) is 0 Å². The summed E-state index contributed by atoms with van der Waals surface area (Å²) in [5.74, 6) is 0.363. The van der Waals surface area contributed by atoms with Crippen molar-refractivity contribution >= 4 is 5.91 Å². The van der Waals surface area contributed by atoms with Crippen LogP contribution in [0.25, 0.3) is 0 Å². The van der Waals surface area contributed by atoms with Gasteiger partial charge in [-0.3, -0.25) is 4.79 Å². The van der Waals surface area contributed by atoms with Gasteiger partial charge in [-0.25, -0.2) is 0 Å². The van der Waals surface area contributed by atoms with Gasteiger partial charge in [0, 0.05) is 25.0 Å². The Labute approximate surface area is 92.2 Å². The fourth-order valence-corrected chi connectivity index (χ4v) is 2.78. The van der Waals surface area contributed by atoms with Gasteiger partial charge in [0.05, 0.1) is 0 Å². The summed E-state index contributed by atoms with van der Waals surface area (Å²) in [6.07, 6.45) is 6.86. The van der Waals surface area contributed by atoms with Crippen LogP contribution in [0.15, 0.2) is 0 Å². The summed E-state index contributed by atoms with van der Waals surface area (Å²) in [6.45, 7) is 4.12. The van der Waals surface area contributed by atoms with E-state index in [0.29, 0.717) is 24.4 Å². The number of amides is 1. The number of hydrogen-bond acceptors (Lipinski definition) is 2. The zero-order valence-corrected chi connectivity index (χ0v) is 9.67. The van der Waals surface area contributed by atoms with Crippen LogP contribution >= 0.6 is 0 Å². The van der Waals surface area contributed by atoms with Crippen LogP contribution < -0.4 is 5.32 Å². The molecule has 86 valence electrons. The number of hydrogen-bond donors (Lipinski definition) is 1. The third kappa shape index (κ3) is 2.71. The topological polar surface area (TPSA) is 32.3 Å². The average Bonchev–Trinajstić information content (AvgIpc) is 2.67. The summed E-state index contributed by atoms with van der Waals surface area (Å²) in [7, 11) is 0. The van der Waals surface area contributed by atoms with Crippen LogP contribution in [0.5, 0.6) is 0 Å². The molecule has 3 nitrogen and oxygen atoms in total. The van der Waals surface area contributed by atoms with Crippen molar-refractivity contribution in [3.63, 3.8) is 0 Å². The van der Waals surface area contributed by atoms with E-state index in [-0.39, 0.29) is 0 Å². The molecular weight excluding hydrogens is 188 g/mol. The Morgan fingerprint density at radius 2 is 2.00 bits per heavy atom. The van der Waals surface area contributed by atoms with E-state index in [4.69, 9.17) is 0 Å². The van der Waals surface area contributed by atoms with Crippen molar-refractivity contribution in [2.24, 2.45) is 0 Å². The maximum atomic E-state index is 12.1. The van der Waals surface area contributed by atoms with Gasteiger partial charge < -0.3 is 10.2 Å². The van der Waals surface area contributed by atoms with Gasteiger partial charge in [-0.15, -0.1) is 0 Å². The summed E-state index contributed by atoms with van der Waals surface area (Å²) >= 11 is 0. The van der Waals surface area contributed by atoms with E-state index in [2.05, 4.69) is 17.1 Å². The van der Waals surface area contributed by atoms with Gasteiger partial charge in [-0.1, -0.05) is 12.8 Å². The van der Waals surface area contributed by atoms with Crippen LogP contribution in [0.4, 0.5) is 0 Å². The standard InChI is InChI=1S/C12H22N2O/c1-10-9-12(15)14(8-4-7-13-10)11-5-2-3-6-11/h10-11,13H,2-9H2,1H3. The Balaban J connectivity index is 1.97. The molecule has 3 heteroatoms. The van der Waals surface area contributed by atoms with Crippen LogP contribution in [-0.4, -0.2) is 36.0 Å². The maximum absolute atomic E-state index is 12.1. The van der Waals surface area contributed by atoms with Crippen molar-refractivity contribution in [1.29, 1.82) is 0 Å². The second kappa shape index (κ2) is 4.97. The van der Waals surface area contributed by atoms with Crippen LogP contribution in [0, 0.1) is 0 Å². The molecule has 1 saturated heterocycles. The molecule has 2 aliphatic rings. The summed E-state index contributed by atoms with van der Waals surface area (Å²) < 4.78 is 0. The van der Waals surface area contributed by atoms with Gasteiger partial charge in [-0.2, -0.15) is 0 Å². The van der Waals surface area contributed by atoms with E-state index in [1.165, 1.54) is 25.7 Å². The van der Waals surface area contributed by atoms with Crippen molar-refractivity contribution in [3.8, 4) is 0 Å². The second-order valence-electron chi connectivity index (χ2n) is 4.94. The van der Waals surface area contributed by atoms with E-state index in [1.54, 1.807) is 0 Å². The summed E-state index contributed by atoms with van der Waals surface area (Å²) in [5.41, 5.74) is 0. The Morgan fingerprint density at radius 1 is 1.27 bits per heavy atom. The molecule has 1 amide bonds. The summed E-state index contributed by atoms with van der Waals surface area (Å²) in [6, 6.07) is 0.907. The van der Waals surface area contributed by atoms with Crippen molar-refractivity contribution in [2.45, 2.75) is 57.5 Å². The Morgan fingerprint density at radius 3 is 2.73 bits per heavy atom. The lowest BCUT2D eigenvalue weighted by Gasteiger charge is -2.32. The first-order valence-corrected chi connectivity index (χ1v) is 6.30. The highest BCUT2D eigenvalue weighted by molar-refractivity contribution is 5.77. The number of carbonyl (C=O) groups is 1. The van der Waals surface area contributed by atoms with Crippen molar-refractivity contribution < 1.29 is 4.79 Å². The molecule has 0 aromatic carbocycles. The minimum Gasteiger partial charge on any atom is -0.340 e. The van der Waals surface area contributed by atoms with Gasteiger partial charge >= 0.3 is 0 Å². The lowest BCUT2D eigenvalue weighted by Crippen LogP contribution is -2.45. The lowest BCUT2D eigenvalue weighted by atomic mass is 10.1. The van der Waals surface area contributed by atoms with E-state index in [9.17, 15) is 4.79 Å². The fraction of sp³-hybridized carbons (Fsp3) is 0.917. The first kappa shape index (κ1) is 10.9. The molecule has 0 bridgehead atoms. The van der Waals surface area contributed by atoms with Crippen LogP contribution in [0.2, 0.25) is 0 Å². The van der Waals surface area contributed by atoms with Crippen molar-refractivity contribution in [2.75, 3.05) is 13.1 Å². The van der Waals surface area contributed by atoms with E-state index in [0.717, 1.165) is 19.5 Å². The van der Waals surface area contributed by atoms with Crippen molar-refractivity contribution in [1.82, 2.24) is 10.2 Å². The molecule has 1 saturated carbocycles. The predicted octanol–water partition coefficient (Wildman–Crippen LogP) is 1.53. The van der Waals surface area contributed by atoms with E-state index >= 15 is 0 Å². The molecule has 1 N–H and O–H groups in total. The number of carbonyl (C=O) groups excluding carboxylic acids is 1. The molecule has 0 aromatic heterocycles. The smallest absolute Gasteiger partial charge is 0.224 e. The zero-order valence-electron chi connectivity index (χ0n) is 9.67. The molecule has 0 aromatic rings. The predicted molar refractivity (Wildman–Crippen MR) is 60.7 cm³/mol. The molecule has 2 fully saturated rings. The summed E-state index contributed by atoms with van der Waals surface area (Å²) in [5, 5.41) is 3.38. The molecular formula is C12H22N2O. The lowest BCUT2D eigenvalue weighted by molar-refractivity contribution is -0.134. The highest BCUT2D eigenvalue weighted by Gasteiger charge is 2.27. The molecule has 1 unspecified atom stereocenters. The third-order valence-corrected chi connectivity index (χ3v) is 3.64. The molecule has 0 radical (unpaired) electrons. The van der Waals surface area contributed by atoms with Gasteiger partial charge in [0.1, 0.15) is 0 Å². The van der Waals surface area contributed by atoms with E-state index < -0.39 is 0 Å². The monoisotopic (exact) mass is 210 g/mol. The second-order valence-corrected chi connectivity index (χ2v) is 4.94. The normalized spacial score (nSPS) is 30.3. The van der Waals surface area contributed by atoms with Gasteiger partial charge in [0.15, 0.2) is 0 Å². The van der Waals surface area contributed by atoms with Crippen LogP contribution in [-0.2, 0) is 4.79 Å². The highest BCUT2D eigenvalue weighted by Crippen LogP contribution is 2.24.